The minimum Gasteiger partial charge on any atom is -0.496 e. The lowest BCUT2D eigenvalue weighted by Gasteiger charge is -2.11. The van der Waals surface area contributed by atoms with Gasteiger partial charge in [0.2, 0.25) is 0 Å². The summed E-state index contributed by atoms with van der Waals surface area (Å²) in [7, 11) is 1.65. The van der Waals surface area contributed by atoms with Crippen LogP contribution in [0.15, 0.2) is 65.1 Å². The van der Waals surface area contributed by atoms with Gasteiger partial charge >= 0.3 is 0 Å². The van der Waals surface area contributed by atoms with Crippen LogP contribution in [-0.4, -0.2) is 7.11 Å². The molecule has 2 aromatic carbocycles. The van der Waals surface area contributed by atoms with Crippen molar-refractivity contribution in [3.63, 3.8) is 0 Å². The van der Waals surface area contributed by atoms with Crippen LogP contribution in [0.5, 0.6) is 11.5 Å². The Bertz CT molecular complexity index is 744. The van der Waals surface area contributed by atoms with Gasteiger partial charge in [-0.15, -0.1) is 0 Å². The number of benzene rings is 2. The van der Waals surface area contributed by atoms with Crippen LogP contribution in [0.2, 0.25) is 0 Å². The molecule has 112 valence electrons. The third kappa shape index (κ3) is 3.14. The van der Waals surface area contributed by atoms with Crippen molar-refractivity contribution in [1.29, 1.82) is 0 Å². The van der Waals surface area contributed by atoms with Gasteiger partial charge in [-0.2, -0.15) is 0 Å². The van der Waals surface area contributed by atoms with Gasteiger partial charge < -0.3 is 13.9 Å². The second kappa shape index (κ2) is 6.39. The van der Waals surface area contributed by atoms with Crippen LogP contribution < -0.4 is 9.47 Å². The first-order chi connectivity index (χ1) is 10.8. The molecule has 22 heavy (non-hydrogen) atoms. The van der Waals surface area contributed by atoms with Crippen molar-refractivity contribution in [2.45, 2.75) is 13.5 Å². The maximum absolute atomic E-state index is 5.82. The topological polar surface area (TPSA) is 31.6 Å². The molecular weight excluding hydrogens is 276 g/mol. The molecule has 0 aliphatic carbocycles. The molecule has 0 aliphatic heterocycles. The summed E-state index contributed by atoms with van der Waals surface area (Å²) in [5.74, 6) is 3.18. The Morgan fingerprint density at radius 1 is 0.955 bits per heavy atom. The predicted octanol–water partition coefficient (Wildman–Crippen LogP) is 4.84. The summed E-state index contributed by atoms with van der Waals surface area (Å²) >= 11 is 0. The molecule has 0 bridgehead atoms. The number of hydrogen-bond acceptors (Lipinski definition) is 3. The summed E-state index contributed by atoms with van der Waals surface area (Å²) in [5.41, 5.74) is 2.05. The lowest BCUT2D eigenvalue weighted by atomic mass is 10.1. The van der Waals surface area contributed by atoms with Crippen LogP contribution >= 0.6 is 0 Å². The van der Waals surface area contributed by atoms with Crippen molar-refractivity contribution in [2.75, 3.05) is 7.11 Å². The molecule has 3 aromatic rings. The van der Waals surface area contributed by atoms with Crippen molar-refractivity contribution < 1.29 is 13.9 Å². The SMILES string of the molecule is COc1cc(OCc2ccccc2)ccc1-c1ccc(C)o1. The Morgan fingerprint density at radius 2 is 1.77 bits per heavy atom. The second-order valence-electron chi connectivity index (χ2n) is 5.05. The Hall–Kier alpha value is -2.68. The highest BCUT2D eigenvalue weighted by molar-refractivity contribution is 5.67. The van der Waals surface area contributed by atoms with Gasteiger partial charge in [0.1, 0.15) is 29.6 Å². The zero-order valence-corrected chi connectivity index (χ0v) is 12.7. The highest BCUT2D eigenvalue weighted by atomic mass is 16.5. The van der Waals surface area contributed by atoms with Crippen molar-refractivity contribution >= 4 is 0 Å². The van der Waals surface area contributed by atoms with Crippen LogP contribution in [-0.2, 0) is 6.61 Å². The summed E-state index contributed by atoms with van der Waals surface area (Å²) in [6, 6.07) is 19.7. The van der Waals surface area contributed by atoms with E-state index in [-0.39, 0.29) is 0 Å². The standard InChI is InChI=1S/C19H18O3/c1-14-8-11-18(22-14)17-10-9-16(12-19(17)20-2)21-13-15-6-4-3-5-7-15/h3-12H,13H2,1-2H3. The fraction of sp³-hybridized carbons (Fsp3) is 0.158. The maximum Gasteiger partial charge on any atom is 0.137 e. The van der Waals surface area contributed by atoms with Crippen LogP contribution in [0.1, 0.15) is 11.3 Å². The minimum atomic E-state index is 0.531. The monoisotopic (exact) mass is 294 g/mol. The molecule has 0 atom stereocenters. The van der Waals surface area contributed by atoms with Crippen LogP contribution in [0.25, 0.3) is 11.3 Å². The molecule has 1 heterocycles. The minimum absolute atomic E-state index is 0.531. The molecule has 0 saturated carbocycles. The molecule has 0 fully saturated rings. The average Bonchev–Trinajstić information content (AvgIpc) is 3.00. The molecule has 0 aliphatic rings. The predicted molar refractivity (Wildman–Crippen MR) is 86.2 cm³/mol. The Kier molecular flexibility index (Phi) is 4.15. The zero-order chi connectivity index (χ0) is 15.4. The molecular formula is C19H18O3. The molecule has 0 saturated heterocycles. The van der Waals surface area contributed by atoms with Crippen molar-refractivity contribution in [3.05, 3.63) is 72.0 Å². The zero-order valence-electron chi connectivity index (χ0n) is 12.7. The molecule has 0 amide bonds. The van der Waals surface area contributed by atoms with Gasteiger partial charge in [-0.05, 0) is 36.8 Å². The second-order valence-corrected chi connectivity index (χ2v) is 5.05. The Labute approximate surface area is 130 Å². The molecule has 3 heteroatoms. The summed E-state index contributed by atoms with van der Waals surface area (Å²) in [6.45, 7) is 2.45. The number of rotatable bonds is 5. The van der Waals surface area contributed by atoms with E-state index >= 15 is 0 Å². The summed E-state index contributed by atoms with van der Waals surface area (Å²) < 4.78 is 16.9. The molecule has 1 aromatic heterocycles. The van der Waals surface area contributed by atoms with Gasteiger partial charge in [0.25, 0.3) is 0 Å². The van der Waals surface area contributed by atoms with E-state index in [1.165, 1.54) is 0 Å². The maximum atomic E-state index is 5.82. The number of hydrogen-bond donors (Lipinski definition) is 0. The Balaban J connectivity index is 1.79. The summed E-state index contributed by atoms with van der Waals surface area (Å²) in [6.07, 6.45) is 0. The fourth-order valence-electron chi connectivity index (χ4n) is 2.29. The van der Waals surface area contributed by atoms with Crippen LogP contribution in [0, 0.1) is 6.92 Å². The number of ether oxygens (including phenoxy) is 2. The third-order valence-electron chi connectivity index (χ3n) is 3.43. The van der Waals surface area contributed by atoms with Crippen molar-refractivity contribution in [2.24, 2.45) is 0 Å². The van der Waals surface area contributed by atoms with Gasteiger partial charge in [0.15, 0.2) is 0 Å². The van der Waals surface area contributed by atoms with E-state index in [4.69, 9.17) is 13.9 Å². The quantitative estimate of drug-likeness (QED) is 0.674. The fourth-order valence-corrected chi connectivity index (χ4v) is 2.29. The van der Waals surface area contributed by atoms with Crippen molar-refractivity contribution in [1.82, 2.24) is 0 Å². The highest BCUT2D eigenvalue weighted by Crippen LogP contribution is 2.34. The first kappa shape index (κ1) is 14.3. The van der Waals surface area contributed by atoms with E-state index in [0.29, 0.717) is 6.61 Å². The van der Waals surface area contributed by atoms with Gasteiger partial charge in [-0.25, -0.2) is 0 Å². The molecule has 0 spiro atoms. The van der Waals surface area contributed by atoms with E-state index in [2.05, 4.69) is 0 Å². The van der Waals surface area contributed by atoms with Gasteiger partial charge in [0.05, 0.1) is 12.7 Å². The smallest absolute Gasteiger partial charge is 0.137 e. The van der Waals surface area contributed by atoms with Gasteiger partial charge in [-0.3, -0.25) is 0 Å². The molecule has 0 radical (unpaired) electrons. The lowest BCUT2D eigenvalue weighted by molar-refractivity contribution is 0.303. The summed E-state index contributed by atoms with van der Waals surface area (Å²) in [5, 5.41) is 0. The highest BCUT2D eigenvalue weighted by Gasteiger charge is 2.11. The van der Waals surface area contributed by atoms with E-state index in [9.17, 15) is 0 Å². The first-order valence-electron chi connectivity index (χ1n) is 7.18. The first-order valence-corrected chi connectivity index (χ1v) is 7.18. The lowest BCUT2D eigenvalue weighted by Crippen LogP contribution is -1.96. The van der Waals surface area contributed by atoms with Crippen LogP contribution in [0.3, 0.4) is 0 Å². The number of methoxy groups -OCH3 is 1. The molecule has 0 N–H and O–H groups in total. The van der Waals surface area contributed by atoms with E-state index in [1.807, 2.05) is 67.6 Å². The normalized spacial score (nSPS) is 10.5. The van der Waals surface area contributed by atoms with Gasteiger partial charge in [-0.1, -0.05) is 30.3 Å². The van der Waals surface area contributed by atoms with Crippen LogP contribution in [0.4, 0.5) is 0 Å². The molecule has 3 rings (SSSR count). The largest absolute Gasteiger partial charge is 0.496 e. The average molecular weight is 294 g/mol. The van der Waals surface area contributed by atoms with E-state index in [1.54, 1.807) is 7.11 Å². The number of furan rings is 1. The molecule has 3 nitrogen and oxygen atoms in total. The summed E-state index contributed by atoms with van der Waals surface area (Å²) in [4.78, 5) is 0. The van der Waals surface area contributed by atoms with E-state index < -0.39 is 0 Å². The third-order valence-corrected chi connectivity index (χ3v) is 3.43. The Morgan fingerprint density at radius 3 is 2.45 bits per heavy atom. The van der Waals surface area contributed by atoms with Gasteiger partial charge in [0, 0.05) is 6.07 Å². The van der Waals surface area contributed by atoms with Crippen molar-refractivity contribution in [3.8, 4) is 22.8 Å². The number of aryl methyl sites for hydroxylation is 1. The molecule has 0 unspecified atom stereocenters. The van der Waals surface area contributed by atoms with E-state index in [0.717, 1.165) is 34.1 Å².